The van der Waals surface area contributed by atoms with Gasteiger partial charge in [-0.25, -0.2) is 0 Å². The van der Waals surface area contributed by atoms with E-state index in [1.165, 1.54) is 16.6 Å². The van der Waals surface area contributed by atoms with E-state index in [2.05, 4.69) is 58.0 Å². The average molecular weight is 217 g/mol. The third kappa shape index (κ3) is 1.80. The third-order valence-corrected chi connectivity index (χ3v) is 2.88. The average Bonchev–Trinajstić information content (AvgIpc) is 2.61. The number of fused-ring (bicyclic) bond motifs is 1. The molecular formula is C14H19NO. The van der Waals surface area contributed by atoms with E-state index in [1.54, 1.807) is 6.26 Å². The normalized spacial score (nSPS) is 12.1. The SMILES string of the molecule is CN(C)c1cc(C(C)(C)C)c2ccoc2c1. The smallest absolute Gasteiger partial charge is 0.136 e. The van der Waals surface area contributed by atoms with Crippen LogP contribution < -0.4 is 4.90 Å². The van der Waals surface area contributed by atoms with Crippen molar-refractivity contribution < 1.29 is 4.42 Å². The van der Waals surface area contributed by atoms with E-state index in [1.807, 2.05) is 0 Å². The number of nitrogens with zero attached hydrogens (tertiary/aromatic N) is 1. The molecule has 2 heteroatoms. The highest BCUT2D eigenvalue weighted by Gasteiger charge is 2.19. The first kappa shape index (κ1) is 11.1. The van der Waals surface area contributed by atoms with Crippen molar-refractivity contribution in [1.82, 2.24) is 0 Å². The second-order valence-corrected chi connectivity index (χ2v) is 5.47. The molecule has 0 aliphatic carbocycles. The van der Waals surface area contributed by atoms with Crippen LogP contribution in [0.25, 0.3) is 11.0 Å². The summed E-state index contributed by atoms with van der Waals surface area (Å²) in [7, 11) is 4.10. The number of benzene rings is 1. The monoisotopic (exact) mass is 217 g/mol. The van der Waals surface area contributed by atoms with Gasteiger partial charge in [0.2, 0.25) is 0 Å². The van der Waals surface area contributed by atoms with Crippen LogP contribution in [0.1, 0.15) is 26.3 Å². The van der Waals surface area contributed by atoms with Gasteiger partial charge in [-0.05, 0) is 23.1 Å². The number of hydrogen-bond acceptors (Lipinski definition) is 2. The summed E-state index contributed by atoms with van der Waals surface area (Å²) in [6.07, 6.45) is 1.76. The standard InChI is InChI=1S/C14H19NO/c1-14(2,3)12-8-10(15(4)5)9-13-11(12)6-7-16-13/h6-9H,1-5H3. The topological polar surface area (TPSA) is 16.4 Å². The summed E-state index contributed by atoms with van der Waals surface area (Å²) in [5.41, 5.74) is 3.62. The first-order valence-corrected chi connectivity index (χ1v) is 5.58. The van der Waals surface area contributed by atoms with Crippen LogP contribution >= 0.6 is 0 Å². The zero-order valence-electron chi connectivity index (χ0n) is 10.7. The van der Waals surface area contributed by atoms with Crippen molar-refractivity contribution in [3.8, 4) is 0 Å². The highest BCUT2D eigenvalue weighted by atomic mass is 16.3. The van der Waals surface area contributed by atoms with E-state index in [0.717, 1.165) is 5.58 Å². The van der Waals surface area contributed by atoms with Crippen molar-refractivity contribution in [1.29, 1.82) is 0 Å². The van der Waals surface area contributed by atoms with Crippen molar-refractivity contribution in [2.75, 3.05) is 19.0 Å². The molecule has 2 rings (SSSR count). The highest BCUT2D eigenvalue weighted by Crippen LogP contribution is 2.34. The Balaban J connectivity index is 2.74. The quantitative estimate of drug-likeness (QED) is 0.722. The molecule has 16 heavy (non-hydrogen) atoms. The maximum absolute atomic E-state index is 5.52. The molecule has 0 N–H and O–H groups in total. The van der Waals surface area contributed by atoms with Crippen molar-refractivity contribution in [3.05, 3.63) is 30.0 Å². The van der Waals surface area contributed by atoms with Crippen LogP contribution in [-0.4, -0.2) is 14.1 Å². The fourth-order valence-electron chi connectivity index (χ4n) is 1.94. The second kappa shape index (κ2) is 3.55. The van der Waals surface area contributed by atoms with Crippen LogP contribution in [0.5, 0.6) is 0 Å². The Kier molecular flexibility index (Phi) is 2.45. The molecule has 0 aliphatic rings. The molecule has 0 spiro atoms. The molecule has 0 bridgehead atoms. The van der Waals surface area contributed by atoms with Crippen LogP contribution in [-0.2, 0) is 5.41 Å². The molecular weight excluding hydrogens is 198 g/mol. The van der Waals surface area contributed by atoms with Gasteiger partial charge >= 0.3 is 0 Å². The van der Waals surface area contributed by atoms with Gasteiger partial charge in [0.1, 0.15) is 5.58 Å². The number of rotatable bonds is 1. The molecule has 0 unspecified atom stereocenters. The fourth-order valence-corrected chi connectivity index (χ4v) is 1.94. The maximum Gasteiger partial charge on any atom is 0.136 e. The molecule has 0 radical (unpaired) electrons. The van der Waals surface area contributed by atoms with Crippen molar-refractivity contribution in [2.24, 2.45) is 0 Å². The number of anilines is 1. The lowest BCUT2D eigenvalue weighted by Crippen LogP contribution is -2.14. The number of furan rings is 1. The summed E-state index contributed by atoms with van der Waals surface area (Å²) in [6.45, 7) is 6.69. The Bertz CT molecular complexity index is 503. The summed E-state index contributed by atoms with van der Waals surface area (Å²) in [5.74, 6) is 0. The van der Waals surface area contributed by atoms with Gasteiger partial charge in [0.05, 0.1) is 6.26 Å². The van der Waals surface area contributed by atoms with Crippen LogP contribution in [0.4, 0.5) is 5.69 Å². The van der Waals surface area contributed by atoms with Crippen LogP contribution in [0.3, 0.4) is 0 Å². The zero-order valence-corrected chi connectivity index (χ0v) is 10.7. The molecule has 1 aromatic carbocycles. The van der Waals surface area contributed by atoms with Gasteiger partial charge < -0.3 is 9.32 Å². The van der Waals surface area contributed by atoms with E-state index < -0.39 is 0 Å². The molecule has 0 atom stereocenters. The largest absolute Gasteiger partial charge is 0.464 e. The minimum Gasteiger partial charge on any atom is -0.464 e. The van der Waals surface area contributed by atoms with Crippen molar-refractivity contribution in [2.45, 2.75) is 26.2 Å². The molecule has 1 heterocycles. The number of hydrogen-bond donors (Lipinski definition) is 0. The first-order valence-electron chi connectivity index (χ1n) is 5.58. The summed E-state index contributed by atoms with van der Waals surface area (Å²) in [5, 5.41) is 1.22. The van der Waals surface area contributed by atoms with E-state index >= 15 is 0 Å². The van der Waals surface area contributed by atoms with E-state index in [0.29, 0.717) is 0 Å². The maximum atomic E-state index is 5.52. The second-order valence-electron chi connectivity index (χ2n) is 5.47. The van der Waals surface area contributed by atoms with Gasteiger partial charge in [-0.1, -0.05) is 20.8 Å². The van der Waals surface area contributed by atoms with Gasteiger partial charge in [0, 0.05) is 31.2 Å². The van der Waals surface area contributed by atoms with Gasteiger partial charge in [-0.3, -0.25) is 0 Å². The fraction of sp³-hybridized carbons (Fsp3) is 0.429. The Morgan fingerprint density at radius 1 is 1.12 bits per heavy atom. The van der Waals surface area contributed by atoms with E-state index in [-0.39, 0.29) is 5.41 Å². The lowest BCUT2D eigenvalue weighted by molar-refractivity contribution is 0.592. The lowest BCUT2D eigenvalue weighted by Gasteiger charge is -2.23. The van der Waals surface area contributed by atoms with Gasteiger partial charge in [-0.2, -0.15) is 0 Å². The Morgan fingerprint density at radius 2 is 1.81 bits per heavy atom. The van der Waals surface area contributed by atoms with Crippen molar-refractivity contribution >= 4 is 16.7 Å². The third-order valence-electron chi connectivity index (χ3n) is 2.88. The predicted octanol–water partition coefficient (Wildman–Crippen LogP) is 3.80. The lowest BCUT2D eigenvalue weighted by atomic mass is 9.84. The summed E-state index contributed by atoms with van der Waals surface area (Å²) < 4.78 is 5.52. The molecule has 0 saturated carbocycles. The minimum absolute atomic E-state index is 0.133. The van der Waals surface area contributed by atoms with Crippen LogP contribution in [0.15, 0.2) is 28.9 Å². The Hall–Kier alpha value is -1.44. The van der Waals surface area contributed by atoms with Gasteiger partial charge in [0.25, 0.3) is 0 Å². The van der Waals surface area contributed by atoms with Gasteiger partial charge in [-0.15, -0.1) is 0 Å². The van der Waals surface area contributed by atoms with Gasteiger partial charge in [0.15, 0.2) is 0 Å². The van der Waals surface area contributed by atoms with E-state index in [4.69, 9.17) is 4.42 Å². The Morgan fingerprint density at radius 3 is 2.38 bits per heavy atom. The highest BCUT2D eigenvalue weighted by molar-refractivity contribution is 5.85. The molecule has 0 fully saturated rings. The summed E-state index contributed by atoms with van der Waals surface area (Å²) in [6, 6.07) is 6.39. The predicted molar refractivity (Wildman–Crippen MR) is 69.2 cm³/mol. The molecule has 0 saturated heterocycles. The molecule has 86 valence electrons. The molecule has 2 nitrogen and oxygen atoms in total. The van der Waals surface area contributed by atoms with Crippen molar-refractivity contribution in [3.63, 3.8) is 0 Å². The van der Waals surface area contributed by atoms with Crippen LogP contribution in [0, 0.1) is 0 Å². The molecule has 0 amide bonds. The van der Waals surface area contributed by atoms with E-state index in [9.17, 15) is 0 Å². The van der Waals surface area contributed by atoms with Crippen LogP contribution in [0.2, 0.25) is 0 Å². The first-order chi connectivity index (χ1) is 7.39. The molecule has 1 aromatic heterocycles. The molecule has 0 aliphatic heterocycles. The summed E-state index contributed by atoms with van der Waals surface area (Å²) in [4.78, 5) is 2.11. The molecule has 2 aromatic rings. The minimum atomic E-state index is 0.133. The zero-order chi connectivity index (χ0) is 11.9. The Labute approximate surface area is 96.9 Å². The summed E-state index contributed by atoms with van der Waals surface area (Å²) >= 11 is 0.